The number of hydrogen-bond acceptors (Lipinski definition) is 1. The molecule has 7 aromatic carbocycles. The van der Waals surface area contributed by atoms with Crippen LogP contribution in [0.3, 0.4) is 0 Å². The number of benzene rings is 7. The Balaban J connectivity index is 1.06. The summed E-state index contributed by atoms with van der Waals surface area (Å²) in [5.74, 6) is 3.30. The maximum Gasteiger partial charge on any atom is 0.0468 e. The minimum Gasteiger partial charge on any atom is -0.310 e. The van der Waals surface area contributed by atoms with E-state index < -0.39 is 0 Å². The maximum atomic E-state index is 2.58. The number of nitrogens with zero attached hydrogens (tertiary/aromatic N) is 1. The van der Waals surface area contributed by atoms with Crippen molar-refractivity contribution >= 4 is 17.1 Å². The molecular weight excluding hydrogens is 675 g/mol. The van der Waals surface area contributed by atoms with Gasteiger partial charge in [-0.15, -0.1) is 0 Å². The summed E-state index contributed by atoms with van der Waals surface area (Å²) in [6, 6.07) is 62.3. The predicted molar refractivity (Wildman–Crippen MR) is 233 cm³/mol. The van der Waals surface area contributed by atoms with Gasteiger partial charge in [-0.25, -0.2) is 0 Å². The Morgan fingerprint density at radius 1 is 0.375 bits per heavy atom. The van der Waals surface area contributed by atoms with Gasteiger partial charge in [0.25, 0.3) is 0 Å². The first kappa shape index (κ1) is 32.6. The van der Waals surface area contributed by atoms with Crippen LogP contribution in [0.15, 0.2) is 164 Å². The lowest BCUT2D eigenvalue weighted by atomic mass is 9.43. The Bertz CT molecular complexity index is 2640. The van der Waals surface area contributed by atoms with E-state index >= 15 is 0 Å². The Kier molecular flexibility index (Phi) is 6.93. The minimum absolute atomic E-state index is 0.0820. The van der Waals surface area contributed by atoms with Crippen LogP contribution in [0.25, 0.3) is 44.5 Å². The molecule has 6 aliphatic carbocycles. The van der Waals surface area contributed by atoms with E-state index in [1.54, 1.807) is 11.1 Å². The molecule has 0 amide bonds. The molecule has 0 aromatic heterocycles. The van der Waals surface area contributed by atoms with Gasteiger partial charge in [-0.2, -0.15) is 0 Å². The van der Waals surface area contributed by atoms with Crippen LogP contribution in [0.2, 0.25) is 0 Å². The molecule has 4 saturated carbocycles. The lowest BCUT2D eigenvalue weighted by Gasteiger charge is -2.61. The van der Waals surface area contributed by atoms with E-state index in [2.05, 4.69) is 183 Å². The zero-order chi connectivity index (χ0) is 37.2. The summed E-state index contributed by atoms with van der Waals surface area (Å²) < 4.78 is 0. The van der Waals surface area contributed by atoms with Crippen molar-refractivity contribution in [2.24, 2.45) is 23.7 Å². The number of fused-ring (bicyclic) bond motifs is 6. The molecule has 0 heterocycles. The second-order valence-corrected chi connectivity index (χ2v) is 18.2. The third-order valence-corrected chi connectivity index (χ3v) is 15.1. The third kappa shape index (κ3) is 4.55. The van der Waals surface area contributed by atoms with Crippen molar-refractivity contribution < 1.29 is 0 Å². The average Bonchev–Trinajstić information content (AvgIpc) is 3.65. The normalized spacial score (nSPS) is 24.1. The van der Waals surface area contributed by atoms with Gasteiger partial charge in [0.2, 0.25) is 0 Å². The van der Waals surface area contributed by atoms with Crippen molar-refractivity contribution in [1.82, 2.24) is 0 Å². The van der Waals surface area contributed by atoms with Gasteiger partial charge in [-0.1, -0.05) is 135 Å². The molecule has 6 aliphatic rings. The highest BCUT2D eigenvalue weighted by Gasteiger charge is 2.61. The fourth-order valence-corrected chi connectivity index (χ4v) is 12.9. The molecule has 56 heavy (non-hydrogen) atoms. The van der Waals surface area contributed by atoms with Gasteiger partial charge in [0.05, 0.1) is 0 Å². The van der Waals surface area contributed by atoms with E-state index in [4.69, 9.17) is 0 Å². The number of rotatable bonds is 5. The minimum atomic E-state index is -0.0820. The van der Waals surface area contributed by atoms with E-state index in [0.717, 1.165) is 23.7 Å². The Morgan fingerprint density at radius 3 is 1.57 bits per heavy atom. The molecule has 4 bridgehead atoms. The van der Waals surface area contributed by atoms with Crippen LogP contribution in [0.5, 0.6) is 0 Å². The summed E-state index contributed by atoms with van der Waals surface area (Å²) in [7, 11) is 0. The first-order valence-corrected chi connectivity index (χ1v) is 21.0. The van der Waals surface area contributed by atoms with Crippen LogP contribution < -0.4 is 4.90 Å². The highest BCUT2D eigenvalue weighted by Crippen LogP contribution is 2.70. The van der Waals surface area contributed by atoms with E-state index in [1.807, 2.05) is 0 Å². The molecule has 13 rings (SSSR count). The van der Waals surface area contributed by atoms with Crippen molar-refractivity contribution in [3.8, 4) is 44.5 Å². The van der Waals surface area contributed by atoms with Gasteiger partial charge < -0.3 is 4.90 Å². The molecule has 1 spiro atoms. The van der Waals surface area contributed by atoms with Crippen LogP contribution >= 0.6 is 0 Å². The van der Waals surface area contributed by atoms with Gasteiger partial charge in [0, 0.05) is 27.9 Å². The zero-order valence-electron chi connectivity index (χ0n) is 32.4. The third-order valence-electron chi connectivity index (χ3n) is 15.1. The van der Waals surface area contributed by atoms with Gasteiger partial charge >= 0.3 is 0 Å². The van der Waals surface area contributed by atoms with Crippen molar-refractivity contribution in [3.05, 3.63) is 186 Å². The largest absolute Gasteiger partial charge is 0.310 e. The molecule has 4 fully saturated rings. The molecular formula is C55H47N. The van der Waals surface area contributed by atoms with Crippen LogP contribution in [0.1, 0.15) is 68.2 Å². The molecule has 0 unspecified atom stereocenters. The fourth-order valence-electron chi connectivity index (χ4n) is 12.9. The molecule has 0 N–H and O–H groups in total. The van der Waals surface area contributed by atoms with Crippen LogP contribution in [0.4, 0.5) is 17.1 Å². The standard InChI is InChI=1S/C55H47N/c1-54(2)50-16-10-9-15-46(50)47-24-22-45(34-53(47)54)56(43-20-17-39(18-21-43)37-11-5-3-6-12-37)44-23-26-52-49(33-44)48-32-40(38-13-7-4-8-14-38)19-25-51(48)55(52)41-28-35-27-36(30-41)31-42(55)29-35/h3-26,32-36,41-42H,27-31H2,1-2H3. The van der Waals surface area contributed by atoms with Crippen LogP contribution in [0, 0.1) is 23.7 Å². The molecule has 0 aliphatic heterocycles. The molecule has 0 radical (unpaired) electrons. The molecule has 0 atom stereocenters. The summed E-state index contributed by atoms with van der Waals surface area (Å²) in [4.78, 5) is 2.52. The van der Waals surface area contributed by atoms with E-state index in [0.29, 0.717) is 0 Å². The molecule has 7 aromatic rings. The second-order valence-electron chi connectivity index (χ2n) is 18.2. The van der Waals surface area contributed by atoms with Crippen LogP contribution in [-0.4, -0.2) is 0 Å². The quantitative estimate of drug-likeness (QED) is 0.171. The molecule has 0 saturated heterocycles. The summed E-state index contributed by atoms with van der Waals surface area (Å²) in [5, 5.41) is 0. The summed E-state index contributed by atoms with van der Waals surface area (Å²) in [6.07, 6.45) is 7.03. The Labute approximate surface area is 331 Å². The lowest BCUT2D eigenvalue weighted by Crippen LogP contribution is -2.55. The fraction of sp³-hybridized carbons (Fsp3) is 0.236. The number of anilines is 3. The second kappa shape index (κ2) is 11.9. The van der Waals surface area contributed by atoms with E-state index in [-0.39, 0.29) is 10.8 Å². The van der Waals surface area contributed by atoms with Gasteiger partial charge in [0.15, 0.2) is 0 Å². The predicted octanol–water partition coefficient (Wildman–Crippen LogP) is 14.5. The summed E-state index contributed by atoms with van der Waals surface area (Å²) >= 11 is 0. The molecule has 1 nitrogen and oxygen atoms in total. The SMILES string of the molecule is CC1(C)c2ccccc2-c2ccc(N(c3ccc(-c4ccccc4)cc3)c3ccc4c(c3)-c3cc(-c5ccccc5)ccc3C43C4CC5CC(C4)CC3C5)cc21. The van der Waals surface area contributed by atoms with Crippen molar-refractivity contribution in [2.75, 3.05) is 4.90 Å². The monoisotopic (exact) mass is 721 g/mol. The smallest absolute Gasteiger partial charge is 0.0468 e. The Hall–Kier alpha value is -5.66. The van der Waals surface area contributed by atoms with Gasteiger partial charge in [-0.3, -0.25) is 0 Å². The Morgan fingerprint density at radius 2 is 0.875 bits per heavy atom. The van der Waals surface area contributed by atoms with Crippen molar-refractivity contribution in [2.45, 2.75) is 56.8 Å². The van der Waals surface area contributed by atoms with Gasteiger partial charge in [0.1, 0.15) is 0 Å². The maximum absolute atomic E-state index is 2.58. The van der Waals surface area contributed by atoms with E-state index in [1.165, 1.54) is 105 Å². The van der Waals surface area contributed by atoms with E-state index in [9.17, 15) is 0 Å². The van der Waals surface area contributed by atoms with Crippen molar-refractivity contribution in [3.63, 3.8) is 0 Å². The molecule has 272 valence electrons. The van der Waals surface area contributed by atoms with Crippen molar-refractivity contribution in [1.29, 1.82) is 0 Å². The topological polar surface area (TPSA) is 3.24 Å². The highest BCUT2D eigenvalue weighted by atomic mass is 15.1. The zero-order valence-corrected chi connectivity index (χ0v) is 32.4. The van der Waals surface area contributed by atoms with Crippen LogP contribution in [-0.2, 0) is 10.8 Å². The molecule has 1 heteroatoms. The first-order chi connectivity index (χ1) is 27.5. The van der Waals surface area contributed by atoms with Gasteiger partial charge in [-0.05, 0) is 165 Å². The summed E-state index contributed by atoms with van der Waals surface area (Å²) in [6.45, 7) is 4.78. The lowest BCUT2D eigenvalue weighted by molar-refractivity contribution is -0.0399. The summed E-state index contributed by atoms with van der Waals surface area (Å²) in [5.41, 5.74) is 20.4. The number of hydrogen-bond donors (Lipinski definition) is 0. The average molecular weight is 722 g/mol. The highest BCUT2D eigenvalue weighted by molar-refractivity contribution is 5.91. The first-order valence-electron chi connectivity index (χ1n) is 21.0.